The number of rotatable bonds is 6. The summed E-state index contributed by atoms with van der Waals surface area (Å²) in [7, 11) is 4.94. The van der Waals surface area contributed by atoms with Gasteiger partial charge in [-0.2, -0.15) is 5.10 Å². The predicted octanol–water partition coefficient (Wildman–Crippen LogP) is 4.27. The van der Waals surface area contributed by atoms with Gasteiger partial charge in [0, 0.05) is 33.9 Å². The molecule has 0 aliphatic rings. The number of hydrogen-bond donors (Lipinski definition) is 1. The number of benzene rings is 2. The minimum absolute atomic E-state index is 0.472. The Hall–Kier alpha value is -2.55. The van der Waals surface area contributed by atoms with Crippen LogP contribution in [0, 0.1) is 3.57 Å². The maximum absolute atomic E-state index is 11.5. The second kappa shape index (κ2) is 7.77. The van der Waals surface area contributed by atoms with E-state index in [0.717, 1.165) is 23.4 Å². The Balaban J connectivity index is 1.96. The monoisotopic (exact) mass is 463 g/mol. The number of anilines is 2. The highest BCUT2D eigenvalue weighted by atomic mass is 127. The Morgan fingerprint density at radius 1 is 1.08 bits per heavy atom. The van der Waals surface area contributed by atoms with E-state index in [2.05, 4.69) is 33.0 Å². The van der Waals surface area contributed by atoms with Crippen molar-refractivity contribution in [3.8, 4) is 22.8 Å². The van der Waals surface area contributed by atoms with E-state index in [0.29, 0.717) is 22.7 Å². The molecule has 1 heterocycles. The van der Waals surface area contributed by atoms with Crippen LogP contribution in [0.5, 0.6) is 11.5 Å². The third kappa shape index (κ3) is 3.67. The van der Waals surface area contributed by atoms with Gasteiger partial charge in [-0.3, -0.25) is 9.48 Å². The molecule has 0 aliphatic carbocycles. The lowest BCUT2D eigenvalue weighted by atomic mass is 10.1. The van der Waals surface area contributed by atoms with Gasteiger partial charge in [0.25, 0.3) is 0 Å². The number of nitrogens with one attached hydrogen (secondary N) is 1. The molecule has 134 valence electrons. The predicted molar refractivity (Wildman–Crippen MR) is 110 cm³/mol. The van der Waals surface area contributed by atoms with Crippen molar-refractivity contribution in [2.45, 2.75) is 0 Å². The number of carbonyl (C=O) groups excluding carboxylic acids is 1. The molecule has 0 bridgehead atoms. The Bertz CT molecular complexity index is 936. The normalized spacial score (nSPS) is 10.5. The number of halogens is 1. The molecule has 2 aromatic carbocycles. The molecule has 0 saturated carbocycles. The zero-order valence-electron chi connectivity index (χ0n) is 14.6. The highest BCUT2D eigenvalue weighted by molar-refractivity contribution is 14.1. The number of carbonyl (C=O) groups is 1. The topological polar surface area (TPSA) is 65.4 Å². The molecule has 26 heavy (non-hydrogen) atoms. The minimum atomic E-state index is 0.472. The van der Waals surface area contributed by atoms with Gasteiger partial charge < -0.3 is 14.8 Å². The summed E-state index contributed by atoms with van der Waals surface area (Å²) in [4.78, 5) is 11.5. The van der Waals surface area contributed by atoms with Crippen LogP contribution in [0.15, 0.2) is 42.5 Å². The van der Waals surface area contributed by atoms with Crippen molar-refractivity contribution in [3.05, 3.63) is 51.6 Å². The zero-order chi connectivity index (χ0) is 18.7. The van der Waals surface area contributed by atoms with Crippen LogP contribution in [-0.4, -0.2) is 30.3 Å². The number of hydrogen-bond acceptors (Lipinski definition) is 5. The van der Waals surface area contributed by atoms with E-state index in [4.69, 9.17) is 9.47 Å². The molecule has 7 heteroatoms. The van der Waals surface area contributed by atoms with Gasteiger partial charge in [-0.15, -0.1) is 0 Å². The van der Waals surface area contributed by atoms with Crippen LogP contribution in [0.3, 0.4) is 0 Å². The standard InChI is InChI=1S/C19H18IN3O3/c1-23-19(10-16(22-23)12-4-6-14(20)7-5-12)21-15-9-18(26-3)17(25-2)8-13(15)11-24/h4-11,21H,1-3H3. The second-order valence-electron chi connectivity index (χ2n) is 5.58. The molecular weight excluding hydrogens is 445 g/mol. The first-order chi connectivity index (χ1) is 12.5. The SMILES string of the molecule is COc1cc(C=O)c(Nc2cc(-c3ccc(I)cc3)nn2C)cc1OC. The van der Waals surface area contributed by atoms with Crippen molar-refractivity contribution in [2.24, 2.45) is 7.05 Å². The van der Waals surface area contributed by atoms with E-state index in [9.17, 15) is 4.79 Å². The maximum atomic E-state index is 11.5. The molecule has 1 N–H and O–H groups in total. The van der Waals surface area contributed by atoms with Gasteiger partial charge >= 0.3 is 0 Å². The lowest BCUT2D eigenvalue weighted by molar-refractivity contribution is 0.112. The number of aryl methyl sites for hydroxylation is 1. The smallest absolute Gasteiger partial charge is 0.162 e. The third-order valence-electron chi connectivity index (χ3n) is 3.97. The molecule has 0 amide bonds. The van der Waals surface area contributed by atoms with Crippen molar-refractivity contribution >= 4 is 40.4 Å². The Labute approximate surface area is 165 Å². The van der Waals surface area contributed by atoms with Gasteiger partial charge in [0.05, 0.1) is 25.6 Å². The van der Waals surface area contributed by atoms with Crippen LogP contribution in [0.4, 0.5) is 11.5 Å². The fraction of sp³-hybridized carbons (Fsp3) is 0.158. The first-order valence-corrected chi connectivity index (χ1v) is 8.91. The van der Waals surface area contributed by atoms with Crippen LogP contribution in [0.1, 0.15) is 10.4 Å². The van der Waals surface area contributed by atoms with Gasteiger partial charge in [-0.05, 0) is 40.8 Å². The summed E-state index contributed by atoms with van der Waals surface area (Å²) in [5.41, 5.74) is 2.96. The summed E-state index contributed by atoms with van der Waals surface area (Å²) in [6.45, 7) is 0. The fourth-order valence-electron chi connectivity index (χ4n) is 2.58. The summed E-state index contributed by atoms with van der Waals surface area (Å²) >= 11 is 2.27. The molecule has 0 unspecified atom stereocenters. The van der Waals surface area contributed by atoms with Gasteiger partial charge in [-0.25, -0.2) is 0 Å². The molecule has 0 saturated heterocycles. The molecule has 0 radical (unpaired) electrons. The summed E-state index contributed by atoms with van der Waals surface area (Å²) in [6.07, 6.45) is 0.778. The first kappa shape index (κ1) is 18.2. The van der Waals surface area contributed by atoms with Crippen LogP contribution in [0.2, 0.25) is 0 Å². The molecule has 3 aromatic rings. The molecule has 0 aliphatic heterocycles. The van der Waals surface area contributed by atoms with E-state index in [1.165, 1.54) is 10.7 Å². The highest BCUT2D eigenvalue weighted by Gasteiger charge is 2.13. The van der Waals surface area contributed by atoms with E-state index in [1.807, 2.05) is 37.4 Å². The minimum Gasteiger partial charge on any atom is -0.493 e. The van der Waals surface area contributed by atoms with Crippen molar-refractivity contribution in [1.82, 2.24) is 9.78 Å². The quantitative estimate of drug-likeness (QED) is 0.437. The van der Waals surface area contributed by atoms with E-state index in [1.54, 1.807) is 23.9 Å². The van der Waals surface area contributed by atoms with Crippen LogP contribution < -0.4 is 14.8 Å². The average Bonchev–Trinajstić information content (AvgIpc) is 3.02. The van der Waals surface area contributed by atoms with Gasteiger partial charge in [0.15, 0.2) is 17.8 Å². The average molecular weight is 463 g/mol. The molecular formula is C19H18IN3O3. The third-order valence-corrected chi connectivity index (χ3v) is 4.68. The fourth-order valence-corrected chi connectivity index (χ4v) is 2.94. The van der Waals surface area contributed by atoms with Crippen molar-refractivity contribution in [3.63, 3.8) is 0 Å². The lowest BCUT2D eigenvalue weighted by Crippen LogP contribution is -2.03. The summed E-state index contributed by atoms with van der Waals surface area (Å²) < 4.78 is 13.5. The largest absolute Gasteiger partial charge is 0.493 e. The number of aromatic nitrogens is 2. The van der Waals surface area contributed by atoms with E-state index < -0.39 is 0 Å². The van der Waals surface area contributed by atoms with Crippen LogP contribution in [0.25, 0.3) is 11.3 Å². The lowest BCUT2D eigenvalue weighted by Gasteiger charge is -2.13. The molecule has 6 nitrogen and oxygen atoms in total. The highest BCUT2D eigenvalue weighted by Crippen LogP contribution is 2.34. The summed E-state index contributed by atoms with van der Waals surface area (Å²) in [5, 5.41) is 7.80. The van der Waals surface area contributed by atoms with Crippen molar-refractivity contribution < 1.29 is 14.3 Å². The Kier molecular flexibility index (Phi) is 5.46. The molecule has 0 atom stereocenters. The van der Waals surface area contributed by atoms with E-state index in [-0.39, 0.29) is 0 Å². The van der Waals surface area contributed by atoms with Crippen molar-refractivity contribution in [1.29, 1.82) is 0 Å². The first-order valence-electron chi connectivity index (χ1n) is 7.84. The molecule has 0 fully saturated rings. The van der Waals surface area contributed by atoms with Gasteiger partial charge in [-0.1, -0.05) is 12.1 Å². The Morgan fingerprint density at radius 2 is 1.73 bits per heavy atom. The second-order valence-corrected chi connectivity index (χ2v) is 6.83. The molecule has 3 rings (SSSR count). The molecule has 1 aromatic heterocycles. The van der Waals surface area contributed by atoms with Crippen LogP contribution >= 0.6 is 22.6 Å². The number of ether oxygens (including phenoxy) is 2. The van der Waals surface area contributed by atoms with E-state index >= 15 is 0 Å². The Morgan fingerprint density at radius 3 is 2.35 bits per heavy atom. The number of aldehydes is 1. The van der Waals surface area contributed by atoms with Gasteiger partial charge in [0.1, 0.15) is 5.82 Å². The molecule has 0 spiro atoms. The zero-order valence-corrected chi connectivity index (χ0v) is 16.8. The summed E-state index contributed by atoms with van der Waals surface area (Å²) in [5.74, 6) is 1.80. The summed E-state index contributed by atoms with van der Waals surface area (Å²) in [6, 6.07) is 13.5. The number of nitrogens with zero attached hydrogens (tertiary/aromatic N) is 2. The van der Waals surface area contributed by atoms with Crippen molar-refractivity contribution in [2.75, 3.05) is 19.5 Å². The van der Waals surface area contributed by atoms with Crippen LogP contribution in [-0.2, 0) is 7.05 Å². The maximum Gasteiger partial charge on any atom is 0.162 e. The number of methoxy groups -OCH3 is 2. The van der Waals surface area contributed by atoms with Gasteiger partial charge in [0.2, 0.25) is 0 Å².